The van der Waals surface area contributed by atoms with Gasteiger partial charge in [0.05, 0.1) is 17.4 Å². The molecule has 0 bridgehead atoms. The number of carbonyl (C=O) groups excluding carboxylic acids is 1. The first-order chi connectivity index (χ1) is 12.6. The highest BCUT2D eigenvalue weighted by Crippen LogP contribution is 2.29. The summed E-state index contributed by atoms with van der Waals surface area (Å²) >= 11 is 0. The zero-order chi connectivity index (χ0) is 18.1. The number of anilines is 1. The van der Waals surface area contributed by atoms with Crippen LogP contribution in [0.3, 0.4) is 0 Å². The van der Waals surface area contributed by atoms with Crippen molar-refractivity contribution in [2.75, 3.05) is 32.1 Å². The van der Waals surface area contributed by atoms with Crippen LogP contribution in [0.5, 0.6) is 0 Å². The lowest BCUT2D eigenvalue weighted by Crippen LogP contribution is -2.39. The highest BCUT2D eigenvalue weighted by Gasteiger charge is 2.27. The first-order valence-corrected chi connectivity index (χ1v) is 8.83. The van der Waals surface area contributed by atoms with Gasteiger partial charge in [0.15, 0.2) is 5.82 Å². The summed E-state index contributed by atoms with van der Waals surface area (Å²) in [6, 6.07) is 4.09. The normalized spacial score (nSPS) is 17.5. The van der Waals surface area contributed by atoms with Gasteiger partial charge in [-0.25, -0.2) is 9.97 Å². The Labute approximate surface area is 152 Å². The van der Waals surface area contributed by atoms with Gasteiger partial charge in [0, 0.05) is 57.9 Å². The van der Waals surface area contributed by atoms with Crippen molar-refractivity contribution in [2.45, 2.75) is 18.8 Å². The summed E-state index contributed by atoms with van der Waals surface area (Å²) in [5.74, 6) is 1.11. The van der Waals surface area contributed by atoms with Gasteiger partial charge in [0.25, 0.3) is 5.91 Å². The molecule has 1 amide bonds. The van der Waals surface area contributed by atoms with Crippen LogP contribution < -0.4 is 4.90 Å². The Morgan fingerprint density at radius 2 is 2.19 bits per heavy atom. The van der Waals surface area contributed by atoms with Crippen molar-refractivity contribution in [3.05, 3.63) is 54.5 Å². The maximum Gasteiger partial charge on any atom is 0.274 e. The third-order valence-electron chi connectivity index (χ3n) is 4.85. The molecule has 0 aliphatic carbocycles. The largest absolute Gasteiger partial charge is 0.361 e. The van der Waals surface area contributed by atoms with Crippen LogP contribution in [-0.2, 0) is 0 Å². The van der Waals surface area contributed by atoms with Gasteiger partial charge in [0.1, 0.15) is 5.69 Å². The molecule has 0 saturated carbocycles. The van der Waals surface area contributed by atoms with Gasteiger partial charge in [-0.3, -0.25) is 9.78 Å². The van der Waals surface area contributed by atoms with E-state index in [0.29, 0.717) is 12.2 Å². The number of hydrogen-bond donors (Lipinski definition) is 0. The first kappa shape index (κ1) is 16.5. The Morgan fingerprint density at radius 3 is 2.96 bits per heavy atom. The molecule has 3 aromatic heterocycles. The smallest absolute Gasteiger partial charge is 0.274 e. The van der Waals surface area contributed by atoms with Gasteiger partial charge in [-0.05, 0) is 25.0 Å². The quantitative estimate of drug-likeness (QED) is 0.724. The van der Waals surface area contributed by atoms with Crippen molar-refractivity contribution in [1.29, 1.82) is 0 Å². The second-order valence-corrected chi connectivity index (χ2v) is 6.87. The molecule has 1 saturated heterocycles. The number of aromatic nitrogens is 4. The molecule has 26 heavy (non-hydrogen) atoms. The third kappa shape index (κ3) is 3.00. The van der Waals surface area contributed by atoms with Gasteiger partial charge < -0.3 is 14.2 Å². The molecule has 1 fully saturated rings. The Hall–Kier alpha value is -2.96. The summed E-state index contributed by atoms with van der Waals surface area (Å²) < 4.78 is 2.11. The lowest BCUT2D eigenvalue weighted by Gasteiger charge is -2.32. The molecule has 7 nitrogen and oxygen atoms in total. The van der Waals surface area contributed by atoms with E-state index in [-0.39, 0.29) is 11.8 Å². The SMILES string of the molecule is CN(C)c1nc([C@@H]2CCCN(C(=O)c3cnccn3)C2)cn2cccc12. The minimum absolute atomic E-state index is 0.0577. The zero-order valence-electron chi connectivity index (χ0n) is 15.0. The fourth-order valence-corrected chi connectivity index (χ4v) is 3.55. The Balaban J connectivity index is 1.62. The molecule has 1 atom stereocenters. The molecule has 0 unspecified atom stereocenters. The number of likely N-dealkylation sites (tertiary alicyclic amines) is 1. The monoisotopic (exact) mass is 350 g/mol. The molecule has 0 spiro atoms. The first-order valence-electron chi connectivity index (χ1n) is 8.83. The van der Waals surface area contributed by atoms with Crippen LogP contribution in [0.1, 0.15) is 34.9 Å². The molecule has 4 rings (SSSR count). The van der Waals surface area contributed by atoms with Gasteiger partial charge in [-0.1, -0.05) is 0 Å². The molecular weight excluding hydrogens is 328 g/mol. The van der Waals surface area contributed by atoms with E-state index in [1.54, 1.807) is 12.4 Å². The van der Waals surface area contributed by atoms with Crippen LogP contribution in [0.25, 0.3) is 5.52 Å². The van der Waals surface area contributed by atoms with Crippen molar-refractivity contribution in [3.63, 3.8) is 0 Å². The standard InChI is InChI=1S/C19H22N6O/c1-23(2)18-17-6-4-9-24(17)13-16(22-18)14-5-3-10-25(12-14)19(26)15-11-20-7-8-21-15/h4,6-9,11,13-14H,3,5,10,12H2,1-2H3/t14-/m1/s1. The second-order valence-electron chi connectivity index (χ2n) is 6.87. The second kappa shape index (κ2) is 6.74. The van der Waals surface area contributed by atoms with Crippen molar-refractivity contribution < 1.29 is 4.79 Å². The van der Waals surface area contributed by atoms with E-state index >= 15 is 0 Å². The van der Waals surface area contributed by atoms with E-state index in [1.165, 1.54) is 6.20 Å². The zero-order valence-corrected chi connectivity index (χ0v) is 15.0. The van der Waals surface area contributed by atoms with Crippen LogP contribution in [0, 0.1) is 0 Å². The fourth-order valence-electron chi connectivity index (χ4n) is 3.55. The molecule has 0 radical (unpaired) electrons. The molecular formula is C19H22N6O. The lowest BCUT2D eigenvalue weighted by molar-refractivity contribution is 0.0699. The van der Waals surface area contributed by atoms with Crippen molar-refractivity contribution >= 4 is 17.2 Å². The van der Waals surface area contributed by atoms with Crippen LogP contribution in [-0.4, -0.2) is 57.3 Å². The summed E-state index contributed by atoms with van der Waals surface area (Å²) in [7, 11) is 4.01. The van der Waals surface area contributed by atoms with Gasteiger partial charge in [-0.2, -0.15) is 0 Å². The molecule has 3 aromatic rings. The Bertz CT molecular complexity index is 920. The summed E-state index contributed by atoms with van der Waals surface area (Å²) in [6.07, 6.45) is 10.8. The predicted molar refractivity (Wildman–Crippen MR) is 99.4 cm³/mol. The fraction of sp³-hybridized carbons (Fsp3) is 0.368. The summed E-state index contributed by atoms with van der Waals surface area (Å²) in [5.41, 5.74) is 2.51. The van der Waals surface area contributed by atoms with Gasteiger partial charge >= 0.3 is 0 Å². The average molecular weight is 350 g/mol. The number of amides is 1. The third-order valence-corrected chi connectivity index (χ3v) is 4.85. The number of rotatable bonds is 3. The van der Waals surface area contributed by atoms with E-state index in [0.717, 1.165) is 36.4 Å². The number of piperidine rings is 1. The Morgan fingerprint density at radius 1 is 1.31 bits per heavy atom. The molecule has 1 aliphatic rings. The molecule has 0 N–H and O–H groups in total. The predicted octanol–water partition coefficient (Wildman–Crippen LogP) is 2.21. The lowest BCUT2D eigenvalue weighted by atomic mass is 9.94. The summed E-state index contributed by atoms with van der Waals surface area (Å²) in [5, 5.41) is 0. The van der Waals surface area contributed by atoms with Crippen molar-refractivity contribution in [2.24, 2.45) is 0 Å². The maximum atomic E-state index is 12.7. The molecule has 4 heterocycles. The van der Waals surface area contributed by atoms with Gasteiger partial charge in [0.2, 0.25) is 0 Å². The highest BCUT2D eigenvalue weighted by molar-refractivity contribution is 5.92. The van der Waals surface area contributed by atoms with E-state index in [2.05, 4.69) is 26.6 Å². The molecule has 7 heteroatoms. The molecule has 1 aliphatic heterocycles. The van der Waals surface area contributed by atoms with E-state index in [1.807, 2.05) is 36.2 Å². The van der Waals surface area contributed by atoms with Crippen LogP contribution in [0.15, 0.2) is 43.1 Å². The molecule has 0 aromatic carbocycles. The summed E-state index contributed by atoms with van der Waals surface area (Å²) in [4.78, 5) is 29.7. The number of nitrogens with zero attached hydrogens (tertiary/aromatic N) is 6. The van der Waals surface area contributed by atoms with Crippen LogP contribution in [0.4, 0.5) is 5.82 Å². The highest BCUT2D eigenvalue weighted by atomic mass is 16.2. The Kier molecular flexibility index (Phi) is 4.28. The van der Waals surface area contributed by atoms with Gasteiger partial charge in [-0.15, -0.1) is 0 Å². The minimum Gasteiger partial charge on any atom is -0.361 e. The number of fused-ring (bicyclic) bond motifs is 1. The van der Waals surface area contributed by atoms with Crippen molar-refractivity contribution in [1.82, 2.24) is 24.3 Å². The topological polar surface area (TPSA) is 66.6 Å². The average Bonchev–Trinajstić information content (AvgIpc) is 3.16. The number of hydrogen-bond acceptors (Lipinski definition) is 5. The van der Waals surface area contributed by atoms with E-state index in [4.69, 9.17) is 4.98 Å². The summed E-state index contributed by atoms with van der Waals surface area (Å²) in [6.45, 7) is 1.40. The van der Waals surface area contributed by atoms with Crippen LogP contribution in [0.2, 0.25) is 0 Å². The number of carbonyl (C=O) groups is 1. The van der Waals surface area contributed by atoms with E-state index in [9.17, 15) is 4.79 Å². The van der Waals surface area contributed by atoms with Crippen LogP contribution >= 0.6 is 0 Å². The van der Waals surface area contributed by atoms with E-state index < -0.39 is 0 Å². The van der Waals surface area contributed by atoms with Crippen molar-refractivity contribution in [3.8, 4) is 0 Å². The minimum atomic E-state index is -0.0577. The molecule has 134 valence electrons. The maximum absolute atomic E-state index is 12.7.